The first-order valence-electron chi connectivity index (χ1n) is 11.7. The molecule has 2 heterocycles. The highest BCUT2D eigenvalue weighted by atomic mass is 16.5. The lowest BCUT2D eigenvalue weighted by molar-refractivity contribution is -0.139. The molecule has 3 atom stereocenters. The first-order valence-corrected chi connectivity index (χ1v) is 11.7. The molecule has 0 unspecified atom stereocenters. The molecule has 3 rings (SSSR count). The van der Waals surface area contributed by atoms with E-state index in [9.17, 15) is 14.4 Å². The summed E-state index contributed by atoms with van der Waals surface area (Å²) in [5.41, 5.74) is 0.915. The fourth-order valence-electron chi connectivity index (χ4n) is 4.02. The molecule has 2 aromatic rings. The van der Waals surface area contributed by atoms with E-state index in [0.29, 0.717) is 24.3 Å². The Morgan fingerprint density at radius 2 is 1.97 bits per heavy atom. The molecule has 1 aliphatic rings. The number of hydrogen-bond acceptors (Lipinski definition) is 8. The molecule has 0 bridgehead atoms. The molecule has 36 heavy (non-hydrogen) atoms. The first kappa shape index (κ1) is 27.0. The maximum absolute atomic E-state index is 13.3. The Bertz CT molecular complexity index is 1070. The number of rotatable bonds is 5. The monoisotopic (exact) mass is 499 g/mol. The number of carbonyl (C=O) groups excluding carboxylic acids is 3. The van der Waals surface area contributed by atoms with Gasteiger partial charge in [-0.25, -0.2) is 4.98 Å². The summed E-state index contributed by atoms with van der Waals surface area (Å²) in [5, 5.41) is 2.75. The second-order valence-electron chi connectivity index (χ2n) is 8.83. The summed E-state index contributed by atoms with van der Waals surface area (Å²) >= 11 is 0. The highest BCUT2D eigenvalue weighted by molar-refractivity contribution is 6.03. The Balaban J connectivity index is 1.94. The maximum atomic E-state index is 13.3. The molecular weight excluding hydrogens is 466 g/mol. The molecule has 1 aliphatic heterocycles. The maximum Gasteiger partial charge on any atom is 0.275 e. The zero-order valence-electron chi connectivity index (χ0n) is 21.3. The molecule has 11 heteroatoms. The Morgan fingerprint density at radius 1 is 1.19 bits per heavy atom. The minimum Gasteiger partial charge on any atom is -0.491 e. The molecule has 0 radical (unpaired) electrons. The smallest absolute Gasteiger partial charge is 0.275 e. The van der Waals surface area contributed by atoms with Crippen molar-refractivity contribution in [3.8, 4) is 5.75 Å². The van der Waals surface area contributed by atoms with Crippen LogP contribution >= 0.6 is 0 Å². The van der Waals surface area contributed by atoms with Crippen molar-refractivity contribution in [2.45, 2.75) is 26.0 Å². The minimum absolute atomic E-state index is 0.0499. The Labute approximate surface area is 210 Å². The number of ether oxygens (including phenoxy) is 3. The van der Waals surface area contributed by atoms with Crippen molar-refractivity contribution in [2.24, 2.45) is 5.92 Å². The molecule has 3 amide bonds. The van der Waals surface area contributed by atoms with E-state index in [2.05, 4.69) is 15.3 Å². The topological polar surface area (TPSA) is 123 Å². The first-order chi connectivity index (χ1) is 17.2. The number of nitrogens with one attached hydrogen (secondary N) is 1. The highest BCUT2D eigenvalue weighted by Gasteiger charge is 2.30. The van der Waals surface area contributed by atoms with Crippen molar-refractivity contribution in [2.75, 3.05) is 52.9 Å². The second-order valence-corrected chi connectivity index (χ2v) is 8.83. The van der Waals surface area contributed by atoms with Gasteiger partial charge in [0, 0.05) is 64.4 Å². The van der Waals surface area contributed by atoms with Gasteiger partial charge in [-0.1, -0.05) is 6.92 Å². The van der Waals surface area contributed by atoms with Gasteiger partial charge >= 0.3 is 0 Å². The van der Waals surface area contributed by atoms with Crippen LogP contribution in [0.15, 0.2) is 36.8 Å². The molecule has 11 nitrogen and oxygen atoms in total. The molecule has 1 aromatic heterocycles. The van der Waals surface area contributed by atoms with Crippen molar-refractivity contribution in [1.82, 2.24) is 19.8 Å². The van der Waals surface area contributed by atoms with Gasteiger partial charge in [-0.15, -0.1) is 0 Å². The van der Waals surface area contributed by atoms with Crippen LogP contribution in [0.2, 0.25) is 0 Å². The van der Waals surface area contributed by atoms with Crippen LogP contribution in [-0.4, -0.2) is 97.2 Å². The van der Waals surface area contributed by atoms with Gasteiger partial charge in [-0.3, -0.25) is 19.4 Å². The molecule has 0 aliphatic carbocycles. The van der Waals surface area contributed by atoms with Gasteiger partial charge in [0.1, 0.15) is 24.7 Å². The predicted octanol–water partition coefficient (Wildman–Crippen LogP) is 1.71. The van der Waals surface area contributed by atoms with Crippen molar-refractivity contribution in [1.29, 1.82) is 0 Å². The fourth-order valence-corrected chi connectivity index (χ4v) is 4.02. The van der Waals surface area contributed by atoms with Crippen molar-refractivity contribution >= 4 is 23.4 Å². The minimum atomic E-state index is -0.443. The number of hydrogen-bond donors (Lipinski definition) is 1. The van der Waals surface area contributed by atoms with Crippen LogP contribution in [0.5, 0.6) is 5.75 Å². The summed E-state index contributed by atoms with van der Waals surface area (Å²) in [6, 6.07) is 4.51. The van der Waals surface area contributed by atoms with Crippen LogP contribution in [0.4, 0.5) is 5.69 Å². The number of likely N-dealkylation sites (N-methyl/N-ethyl adjacent to an activating group) is 1. The number of benzene rings is 1. The average Bonchev–Trinajstić information content (AvgIpc) is 2.88. The van der Waals surface area contributed by atoms with Crippen molar-refractivity contribution in [3.05, 3.63) is 48.0 Å². The summed E-state index contributed by atoms with van der Waals surface area (Å²) in [7, 11) is 4.76. The van der Waals surface area contributed by atoms with Gasteiger partial charge in [0.2, 0.25) is 5.91 Å². The van der Waals surface area contributed by atoms with Gasteiger partial charge in [-0.05, 0) is 19.1 Å². The zero-order valence-corrected chi connectivity index (χ0v) is 21.3. The molecule has 0 fully saturated rings. The lowest BCUT2D eigenvalue weighted by Crippen LogP contribution is -2.49. The summed E-state index contributed by atoms with van der Waals surface area (Å²) < 4.78 is 16.8. The number of aromatic nitrogens is 2. The van der Waals surface area contributed by atoms with E-state index in [4.69, 9.17) is 14.2 Å². The second kappa shape index (κ2) is 12.4. The summed E-state index contributed by atoms with van der Waals surface area (Å²) in [6.45, 7) is 4.67. The van der Waals surface area contributed by atoms with Crippen LogP contribution in [-0.2, 0) is 14.3 Å². The van der Waals surface area contributed by atoms with Crippen molar-refractivity contribution < 1.29 is 28.6 Å². The van der Waals surface area contributed by atoms with Crippen LogP contribution in [0.25, 0.3) is 0 Å². The number of nitrogens with zero attached hydrogens (tertiary/aromatic N) is 4. The standard InChI is InChI=1S/C25H33N5O6/c1-16-12-30(23(31)15-34-4)17(2)14-36-21-10-18(28-24(32)20-11-26-8-9-27-20)6-7-19(21)25(33)29(3)13-22(16)35-5/h6-11,16-17,22H,12-15H2,1-5H3,(H,28,32)/t16-,17-,22-/m0/s1. The molecule has 0 saturated carbocycles. The van der Waals surface area contributed by atoms with E-state index in [1.807, 2.05) is 13.8 Å². The Kier molecular flexibility index (Phi) is 9.31. The number of fused-ring (bicyclic) bond motifs is 1. The van der Waals surface area contributed by atoms with Crippen LogP contribution in [0.1, 0.15) is 34.7 Å². The molecule has 0 saturated heterocycles. The fraction of sp³-hybridized carbons (Fsp3) is 0.480. The van der Waals surface area contributed by atoms with E-state index in [-0.39, 0.29) is 54.5 Å². The molecule has 1 aromatic carbocycles. The van der Waals surface area contributed by atoms with Gasteiger partial charge in [0.05, 0.1) is 23.9 Å². The summed E-state index contributed by atoms with van der Waals surface area (Å²) in [4.78, 5) is 49.9. The molecule has 194 valence electrons. The number of methoxy groups -OCH3 is 2. The van der Waals surface area contributed by atoms with E-state index < -0.39 is 5.91 Å². The summed E-state index contributed by atoms with van der Waals surface area (Å²) in [6.07, 6.45) is 3.97. The van der Waals surface area contributed by atoms with Crippen LogP contribution in [0, 0.1) is 5.92 Å². The predicted molar refractivity (Wildman–Crippen MR) is 132 cm³/mol. The molecule has 1 N–H and O–H groups in total. The molecule has 0 spiro atoms. The number of carbonyl (C=O) groups is 3. The van der Waals surface area contributed by atoms with E-state index >= 15 is 0 Å². The van der Waals surface area contributed by atoms with Gasteiger partial charge in [0.25, 0.3) is 11.8 Å². The third-order valence-electron chi connectivity index (χ3n) is 6.09. The quantitative estimate of drug-likeness (QED) is 0.660. The molecular formula is C25H33N5O6. The SMILES string of the molecule is COCC(=O)N1C[C@H](C)[C@@H](OC)CN(C)C(=O)c2ccc(NC(=O)c3cnccn3)cc2OC[C@@H]1C. The largest absolute Gasteiger partial charge is 0.491 e. The van der Waals surface area contributed by atoms with E-state index in [0.717, 1.165) is 0 Å². The lowest BCUT2D eigenvalue weighted by Gasteiger charge is -2.36. The lowest BCUT2D eigenvalue weighted by atomic mass is 10.0. The van der Waals surface area contributed by atoms with Crippen LogP contribution in [0.3, 0.4) is 0 Å². The highest BCUT2D eigenvalue weighted by Crippen LogP contribution is 2.27. The van der Waals surface area contributed by atoms with Gasteiger partial charge < -0.3 is 29.3 Å². The average molecular weight is 500 g/mol. The zero-order chi connectivity index (χ0) is 26.2. The Morgan fingerprint density at radius 3 is 2.64 bits per heavy atom. The number of anilines is 1. The van der Waals surface area contributed by atoms with Crippen molar-refractivity contribution in [3.63, 3.8) is 0 Å². The van der Waals surface area contributed by atoms with Crippen LogP contribution < -0.4 is 10.1 Å². The normalized spacial score (nSPS) is 21.0. The Hall–Kier alpha value is -3.57. The number of amides is 3. The third-order valence-corrected chi connectivity index (χ3v) is 6.09. The third kappa shape index (κ3) is 6.55. The van der Waals surface area contributed by atoms with Gasteiger partial charge in [-0.2, -0.15) is 0 Å². The van der Waals surface area contributed by atoms with E-state index in [1.165, 1.54) is 25.7 Å². The summed E-state index contributed by atoms with van der Waals surface area (Å²) in [5.74, 6) is -0.613. The van der Waals surface area contributed by atoms with E-state index in [1.54, 1.807) is 42.2 Å². The van der Waals surface area contributed by atoms with Gasteiger partial charge in [0.15, 0.2) is 0 Å².